The number of hydrogen-bond acceptors (Lipinski definition) is 5. The molecule has 1 saturated carbocycles. The van der Waals surface area contributed by atoms with Gasteiger partial charge in [-0.25, -0.2) is 0 Å². The third-order valence-electron chi connectivity index (χ3n) is 3.23. The molecule has 2 rings (SSSR count). The summed E-state index contributed by atoms with van der Waals surface area (Å²) in [5.41, 5.74) is -0.332. The number of aromatic nitrogens is 2. The van der Waals surface area contributed by atoms with Crippen LogP contribution < -0.4 is 0 Å². The van der Waals surface area contributed by atoms with Crippen molar-refractivity contribution in [3.63, 3.8) is 0 Å². The van der Waals surface area contributed by atoms with Crippen molar-refractivity contribution in [3.05, 3.63) is 11.7 Å². The smallest absolute Gasteiger partial charge is 0.226 e. The lowest BCUT2D eigenvalue weighted by molar-refractivity contribution is -0.0178. The summed E-state index contributed by atoms with van der Waals surface area (Å²) in [4.78, 5) is 4.36. The third-order valence-corrected chi connectivity index (χ3v) is 3.23. The summed E-state index contributed by atoms with van der Waals surface area (Å²) in [6, 6.07) is 0. The van der Waals surface area contributed by atoms with Crippen molar-refractivity contribution in [2.45, 2.75) is 44.1 Å². The summed E-state index contributed by atoms with van der Waals surface area (Å²) >= 11 is 0. The second kappa shape index (κ2) is 4.93. The fourth-order valence-corrected chi connectivity index (χ4v) is 2.24. The van der Waals surface area contributed by atoms with Crippen LogP contribution in [0.3, 0.4) is 0 Å². The van der Waals surface area contributed by atoms with Gasteiger partial charge in [0.1, 0.15) is 5.60 Å². The van der Waals surface area contributed by atoms with E-state index in [1.54, 1.807) is 7.11 Å². The summed E-state index contributed by atoms with van der Waals surface area (Å²) in [5.74, 6) is 1.26. The van der Waals surface area contributed by atoms with Gasteiger partial charge in [-0.05, 0) is 32.1 Å². The molecule has 0 aliphatic heterocycles. The van der Waals surface area contributed by atoms with E-state index in [2.05, 4.69) is 10.1 Å². The highest BCUT2D eigenvalue weighted by atomic mass is 16.5. The highest BCUT2D eigenvalue weighted by Crippen LogP contribution is 2.40. The first-order valence-electron chi connectivity index (χ1n) is 5.80. The van der Waals surface area contributed by atoms with Crippen LogP contribution in [0.25, 0.3) is 0 Å². The molecule has 1 aliphatic carbocycles. The molecule has 5 nitrogen and oxygen atoms in total. The van der Waals surface area contributed by atoms with Gasteiger partial charge in [0.15, 0.2) is 0 Å². The molecule has 1 aromatic heterocycles. The van der Waals surface area contributed by atoms with E-state index >= 15 is 0 Å². The highest BCUT2D eigenvalue weighted by Gasteiger charge is 2.40. The van der Waals surface area contributed by atoms with E-state index in [0.717, 1.165) is 25.7 Å². The molecule has 1 heterocycles. The molecule has 1 aromatic rings. The minimum absolute atomic E-state index is 0.146. The summed E-state index contributed by atoms with van der Waals surface area (Å²) < 4.78 is 10.7. The Hall–Kier alpha value is -0.940. The zero-order valence-electron chi connectivity index (χ0n) is 9.61. The van der Waals surface area contributed by atoms with Gasteiger partial charge in [-0.1, -0.05) is 5.16 Å². The molecule has 0 bridgehead atoms. The SMILES string of the molecule is COC1(c2noc(CCCO)n2)CCCC1. The van der Waals surface area contributed by atoms with E-state index in [-0.39, 0.29) is 12.2 Å². The van der Waals surface area contributed by atoms with Crippen molar-refractivity contribution in [1.29, 1.82) is 0 Å². The highest BCUT2D eigenvalue weighted by molar-refractivity contribution is 5.04. The van der Waals surface area contributed by atoms with Crippen LogP contribution in [0.2, 0.25) is 0 Å². The van der Waals surface area contributed by atoms with Crippen molar-refractivity contribution in [1.82, 2.24) is 10.1 Å². The maximum absolute atomic E-state index is 8.73. The van der Waals surface area contributed by atoms with Gasteiger partial charge in [0.25, 0.3) is 0 Å². The Bertz CT molecular complexity index is 332. The molecule has 90 valence electrons. The molecular weight excluding hydrogens is 208 g/mol. The summed E-state index contributed by atoms with van der Waals surface area (Å²) in [6.45, 7) is 0.146. The lowest BCUT2D eigenvalue weighted by Gasteiger charge is -2.22. The molecule has 0 spiro atoms. The van der Waals surface area contributed by atoms with Crippen molar-refractivity contribution in [2.24, 2.45) is 0 Å². The molecule has 1 fully saturated rings. The van der Waals surface area contributed by atoms with Crippen LogP contribution in [-0.4, -0.2) is 29.0 Å². The number of aliphatic hydroxyl groups is 1. The number of aryl methyl sites for hydroxylation is 1. The standard InChI is InChI=1S/C11H18N2O3/c1-15-11(6-2-3-7-11)10-12-9(16-13-10)5-4-8-14/h14H,2-8H2,1H3. The number of nitrogens with zero attached hydrogens (tertiary/aromatic N) is 2. The summed E-state index contributed by atoms with van der Waals surface area (Å²) in [5, 5.41) is 12.7. The van der Waals surface area contributed by atoms with Crippen LogP contribution in [0.5, 0.6) is 0 Å². The topological polar surface area (TPSA) is 68.4 Å². The monoisotopic (exact) mass is 226 g/mol. The van der Waals surface area contributed by atoms with Crippen LogP contribution in [-0.2, 0) is 16.8 Å². The molecule has 1 aliphatic rings. The molecule has 5 heteroatoms. The van der Waals surface area contributed by atoms with Crippen molar-refractivity contribution in [3.8, 4) is 0 Å². The van der Waals surface area contributed by atoms with E-state index in [9.17, 15) is 0 Å². The van der Waals surface area contributed by atoms with E-state index in [4.69, 9.17) is 14.4 Å². The quantitative estimate of drug-likeness (QED) is 0.822. The van der Waals surface area contributed by atoms with Crippen LogP contribution in [0.15, 0.2) is 4.52 Å². The van der Waals surface area contributed by atoms with Crippen LogP contribution >= 0.6 is 0 Å². The first-order valence-corrected chi connectivity index (χ1v) is 5.80. The molecule has 0 radical (unpaired) electrons. The Balaban J connectivity index is 2.10. The Morgan fingerprint density at radius 2 is 2.19 bits per heavy atom. The maximum Gasteiger partial charge on any atom is 0.226 e. The Labute approximate surface area is 94.8 Å². The summed E-state index contributed by atoms with van der Waals surface area (Å²) in [6.07, 6.45) is 5.50. The Morgan fingerprint density at radius 1 is 1.44 bits per heavy atom. The third kappa shape index (κ3) is 2.10. The minimum Gasteiger partial charge on any atom is -0.396 e. The Kier molecular flexibility index (Phi) is 3.56. The van der Waals surface area contributed by atoms with Gasteiger partial charge in [0.05, 0.1) is 0 Å². The number of rotatable bonds is 5. The van der Waals surface area contributed by atoms with Gasteiger partial charge in [0, 0.05) is 20.1 Å². The molecule has 0 aromatic carbocycles. The molecule has 16 heavy (non-hydrogen) atoms. The average Bonchev–Trinajstić information content (AvgIpc) is 2.95. The van der Waals surface area contributed by atoms with Gasteiger partial charge in [-0.2, -0.15) is 4.98 Å². The second-order valence-corrected chi connectivity index (χ2v) is 4.24. The van der Waals surface area contributed by atoms with E-state index in [1.807, 2.05) is 0 Å². The van der Waals surface area contributed by atoms with Gasteiger partial charge in [0.2, 0.25) is 11.7 Å². The second-order valence-electron chi connectivity index (χ2n) is 4.24. The van der Waals surface area contributed by atoms with Crippen LogP contribution in [0, 0.1) is 0 Å². The maximum atomic E-state index is 8.73. The van der Waals surface area contributed by atoms with Gasteiger partial charge < -0.3 is 14.4 Å². The van der Waals surface area contributed by atoms with E-state index in [0.29, 0.717) is 24.6 Å². The first kappa shape index (κ1) is 11.5. The van der Waals surface area contributed by atoms with Gasteiger partial charge >= 0.3 is 0 Å². The fraction of sp³-hybridized carbons (Fsp3) is 0.818. The number of aliphatic hydroxyl groups excluding tert-OH is 1. The normalized spacial score (nSPS) is 19.1. The fourth-order valence-electron chi connectivity index (χ4n) is 2.24. The lowest BCUT2D eigenvalue weighted by Crippen LogP contribution is -2.26. The largest absolute Gasteiger partial charge is 0.396 e. The number of ether oxygens (including phenoxy) is 1. The first-order chi connectivity index (χ1) is 7.80. The van der Waals surface area contributed by atoms with Gasteiger partial charge in [-0.3, -0.25) is 0 Å². The number of hydrogen-bond donors (Lipinski definition) is 1. The van der Waals surface area contributed by atoms with Crippen molar-refractivity contribution in [2.75, 3.05) is 13.7 Å². The lowest BCUT2D eigenvalue weighted by atomic mass is 10.0. The zero-order valence-corrected chi connectivity index (χ0v) is 9.61. The van der Waals surface area contributed by atoms with Crippen LogP contribution in [0.1, 0.15) is 43.8 Å². The van der Waals surface area contributed by atoms with E-state index in [1.165, 1.54) is 0 Å². The molecule has 0 atom stereocenters. The van der Waals surface area contributed by atoms with Gasteiger partial charge in [-0.15, -0.1) is 0 Å². The predicted molar refractivity (Wildman–Crippen MR) is 56.9 cm³/mol. The zero-order chi connectivity index (χ0) is 11.4. The van der Waals surface area contributed by atoms with E-state index < -0.39 is 0 Å². The molecule has 0 saturated heterocycles. The minimum atomic E-state index is -0.332. The van der Waals surface area contributed by atoms with Crippen molar-refractivity contribution >= 4 is 0 Å². The molecule has 1 N–H and O–H groups in total. The molecular formula is C11H18N2O3. The molecule has 0 amide bonds. The predicted octanol–water partition coefficient (Wildman–Crippen LogP) is 1.41. The summed E-state index contributed by atoms with van der Waals surface area (Å²) in [7, 11) is 1.70. The Morgan fingerprint density at radius 3 is 2.81 bits per heavy atom. The molecule has 0 unspecified atom stereocenters. The van der Waals surface area contributed by atoms with Crippen LogP contribution in [0.4, 0.5) is 0 Å². The van der Waals surface area contributed by atoms with Crippen molar-refractivity contribution < 1.29 is 14.4 Å². The number of methoxy groups -OCH3 is 1. The average molecular weight is 226 g/mol.